The van der Waals surface area contributed by atoms with Crippen molar-refractivity contribution in [2.24, 2.45) is 0 Å². The molecule has 8 heteroatoms. The summed E-state index contributed by atoms with van der Waals surface area (Å²) in [6.45, 7) is 2.98. The molecule has 0 fully saturated rings. The van der Waals surface area contributed by atoms with Gasteiger partial charge in [0.1, 0.15) is 28.3 Å². The number of aromatic nitrogens is 2. The third kappa shape index (κ3) is 2.90. The molecule has 0 saturated carbocycles. The molecule has 1 aromatic heterocycles. The highest BCUT2D eigenvalue weighted by atomic mass is 32.2. The molecule has 1 aliphatic rings. The lowest BCUT2D eigenvalue weighted by atomic mass is 10.1. The van der Waals surface area contributed by atoms with Gasteiger partial charge in [-0.1, -0.05) is 25.1 Å². The van der Waals surface area contributed by atoms with Crippen molar-refractivity contribution in [2.75, 3.05) is 13.2 Å². The molecule has 0 saturated heterocycles. The van der Waals surface area contributed by atoms with E-state index < -0.39 is 10.0 Å². The smallest absolute Gasteiger partial charge is 0.245 e. The van der Waals surface area contributed by atoms with Crippen molar-refractivity contribution in [1.82, 2.24) is 13.1 Å². The Bertz CT molecular complexity index is 1030. The normalized spacial score (nSPS) is 15.6. The predicted molar refractivity (Wildman–Crippen MR) is 96.3 cm³/mol. The lowest BCUT2D eigenvalue weighted by molar-refractivity contribution is 0.293. The Morgan fingerprint density at radius 3 is 2.96 bits per heavy atom. The Morgan fingerprint density at radius 1 is 1.24 bits per heavy atom. The van der Waals surface area contributed by atoms with Crippen LogP contribution in [0.4, 0.5) is 0 Å². The molecule has 25 heavy (non-hydrogen) atoms. The number of benzene rings is 2. The Balaban J connectivity index is 1.76. The lowest BCUT2D eigenvalue weighted by Crippen LogP contribution is -2.32. The van der Waals surface area contributed by atoms with Gasteiger partial charge in [-0.3, -0.25) is 0 Å². The van der Waals surface area contributed by atoms with Gasteiger partial charge in [-0.05, 0) is 30.2 Å². The van der Waals surface area contributed by atoms with Crippen LogP contribution in [0.3, 0.4) is 0 Å². The monoisotopic (exact) mass is 375 g/mol. The number of aryl methyl sites for hydroxylation is 1. The summed E-state index contributed by atoms with van der Waals surface area (Å²) in [5.41, 5.74) is 3.09. The van der Waals surface area contributed by atoms with Crippen LogP contribution >= 0.6 is 11.7 Å². The molecule has 1 aliphatic heterocycles. The lowest BCUT2D eigenvalue weighted by Gasteiger charge is -2.19. The van der Waals surface area contributed by atoms with Gasteiger partial charge in [-0.15, -0.1) is 0 Å². The number of hydrogen-bond acceptors (Lipinski definition) is 6. The molecule has 6 nitrogen and oxygen atoms in total. The average Bonchev–Trinajstić information content (AvgIpc) is 2.99. The van der Waals surface area contributed by atoms with Crippen LogP contribution < -0.4 is 4.74 Å². The first-order chi connectivity index (χ1) is 12.1. The van der Waals surface area contributed by atoms with Crippen molar-refractivity contribution < 1.29 is 13.2 Å². The van der Waals surface area contributed by atoms with Crippen LogP contribution in [0.2, 0.25) is 0 Å². The van der Waals surface area contributed by atoms with E-state index in [2.05, 4.69) is 15.7 Å². The highest BCUT2D eigenvalue weighted by Gasteiger charge is 2.30. The fourth-order valence-electron chi connectivity index (χ4n) is 2.98. The molecule has 2 heterocycles. The standard InChI is InChI=1S/C17H17N3O3S2/c1-2-12-6-7-15-13(10-12)11-20(8-9-23-15)25(21,22)16-5-3-4-14-17(16)19-24-18-14/h3-7,10H,2,8-9,11H2,1H3. The number of sulfonamides is 1. The highest BCUT2D eigenvalue weighted by Crippen LogP contribution is 2.30. The van der Waals surface area contributed by atoms with Crippen molar-refractivity contribution in [1.29, 1.82) is 0 Å². The van der Waals surface area contributed by atoms with E-state index in [-0.39, 0.29) is 4.90 Å². The minimum absolute atomic E-state index is 0.203. The van der Waals surface area contributed by atoms with E-state index in [1.54, 1.807) is 18.2 Å². The minimum Gasteiger partial charge on any atom is -0.492 e. The van der Waals surface area contributed by atoms with E-state index in [4.69, 9.17) is 4.74 Å². The molecule has 0 unspecified atom stereocenters. The van der Waals surface area contributed by atoms with E-state index in [1.807, 2.05) is 18.2 Å². The predicted octanol–water partition coefficient (Wildman–Crippen LogP) is 2.84. The summed E-state index contributed by atoms with van der Waals surface area (Å²) in [4.78, 5) is 0.203. The molecule has 4 rings (SSSR count). The molecule has 0 N–H and O–H groups in total. The second kappa shape index (κ2) is 6.36. The summed E-state index contributed by atoms with van der Waals surface area (Å²) < 4.78 is 42.0. The minimum atomic E-state index is -3.69. The van der Waals surface area contributed by atoms with Gasteiger partial charge in [0, 0.05) is 18.7 Å². The third-order valence-corrected chi connectivity index (χ3v) is 6.76. The summed E-state index contributed by atoms with van der Waals surface area (Å²) in [5, 5.41) is 0. The first kappa shape index (κ1) is 16.4. The third-order valence-electron chi connectivity index (χ3n) is 4.34. The number of fused-ring (bicyclic) bond motifs is 2. The summed E-state index contributed by atoms with van der Waals surface area (Å²) in [7, 11) is -3.69. The Labute approximate surface area is 150 Å². The van der Waals surface area contributed by atoms with Crippen molar-refractivity contribution >= 4 is 32.8 Å². The van der Waals surface area contributed by atoms with Crippen molar-refractivity contribution in [3.63, 3.8) is 0 Å². The van der Waals surface area contributed by atoms with Gasteiger partial charge in [0.15, 0.2) is 0 Å². The molecule has 2 aromatic carbocycles. The SMILES string of the molecule is CCc1ccc2c(c1)CN(S(=O)(=O)c1cccc3nsnc13)CCO2. The maximum Gasteiger partial charge on any atom is 0.245 e. The Hall–Kier alpha value is -2.03. The van der Waals surface area contributed by atoms with Crippen LogP contribution in [0.1, 0.15) is 18.1 Å². The van der Waals surface area contributed by atoms with Gasteiger partial charge in [0.25, 0.3) is 0 Å². The van der Waals surface area contributed by atoms with Crippen LogP contribution in [0, 0.1) is 0 Å². The molecule has 0 bridgehead atoms. The molecule has 0 radical (unpaired) electrons. The van der Waals surface area contributed by atoms with Crippen LogP contribution in [0.5, 0.6) is 5.75 Å². The maximum absolute atomic E-state index is 13.2. The van der Waals surface area contributed by atoms with Crippen LogP contribution in [0.25, 0.3) is 11.0 Å². The molecular weight excluding hydrogens is 358 g/mol. The highest BCUT2D eigenvalue weighted by molar-refractivity contribution is 7.89. The fourth-order valence-corrected chi connectivity index (χ4v) is 5.13. The number of ether oxygens (including phenoxy) is 1. The molecular formula is C17H17N3O3S2. The molecule has 130 valence electrons. The van der Waals surface area contributed by atoms with Crippen LogP contribution in [0.15, 0.2) is 41.3 Å². The first-order valence-electron chi connectivity index (χ1n) is 8.05. The molecule has 0 amide bonds. The van der Waals surface area contributed by atoms with E-state index >= 15 is 0 Å². The zero-order valence-electron chi connectivity index (χ0n) is 13.7. The zero-order chi connectivity index (χ0) is 17.4. The summed E-state index contributed by atoms with van der Waals surface area (Å²) in [5.74, 6) is 0.753. The first-order valence-corrected chi connectivity index (χ1v) is 10.2. The number of rotatable bonds is 3. The van der Waals surface area contributed by atoms with Crippen molar-refractivity contribution in [3.8, 4) is 5.75 Å². The second-order valence-corrected chi connectivity index (χ2v) is 8.31. The molecule has 0 aliphatic carbocycles. The van der Waals surface area contributed by atoms with E-state index in [0.717, 1.165) is 35.0 Å². The van der Waals surface area contributed by atoms with Crippen molar-refractivity contribution in [3.05, 3.63) is 47.5 Å². The van der Waals surface area contributed by atoms with Crippen LogP contribution in [-0.2, 0) is 23.0 Å². The van der Waals surface area contributed by atoms with Crippen molar-refractivity contribution in [2.45, 2.75) is 24.8 Å². The topological polar surface area (TPSA) is 72.4 Å². The quantitative estimate of drug-likeness (QED) is 0.704. The average molecular weight is 375 g/mol. The fraction of sp³-hybridized carbons (Fsp3) is 0.294. The molecule has 0 atom stereocenters. The zero-order valence-corrected chi connectivity index (χ0v) is 15.3. The Morgan fingerprint density at radius 2 is 2.12 bits per heavy atom. The van der Waals surface area contributed by atoms with Gasteiger partial charge in [-0.25, -0.2) is 8.42 Å². The largest absolute Gasteiger partial charge is 0.492 e. The van der Waals surface area contributed by atoms with E-state index in [0.29, 0.717) is 30.7 Å². The van der Waals surface area contributed by atoms with Gasteiger partial charge < -0.3 is 4.74 Å². The van der Waals surface area contributed by atoms with Crippen LogP contribution in [-0.4, -0.2) is 34.6 Å². The summed E-state index contributed by atoms with van der Waals surface area (Å²) >= 11 is 1.02. The van der Waals surface area contributed by atoms with Gasteiger partial charge >= 0.3 is 0 Å². The summed E-state index contributed by atoms with van der Waals surface area (Å²) in [6, 6.07) is 11.0. The van der Waals surface area contributed by atoms with Gasteiger partial charge in [0.2, 0.25) is 10.0 Å². The van der Waals surface area contributed by atoms with Gasteiger partial charge in [-0.2, -0.15) is 13.1 Å². The van der Waals surface area contributed by atoms with E-state index in [1.165, 1.54) is 4.31 Å². The number of nitrogens with zero attached hydrogens (tertiary/aromatic N) is 3. The molecule has 3 aromatic rings. The molecule has 0 spiro atoms. The summed E-state index contributed by atoms with van der Waals surface area (Å²) in [6.07, 6.45) is 0.893. The number of hydrogen-bond donors (Lipinski definition) is 0. The maximum atomic E-state index is 13.2. The second-order valence-electron chi connectivity index (χ2n) is 5.87. The Kier molecular flexibility index (Phi) is 4.18. The van der Waals surface area contributed by atoms with E-state index in [9.17, 15) is 8.42 Å². The van der Waals surface area contributed by atoms with Gasteiger partial charge in [0.05, 0.1) is 11.7 Å².